The summed E-state index contributed by atoms with van der Waals surface area (Å²) in [6, 6.07) is 37.7. The second kappa shape index (κ2) is 17.6. The lowest BCUT2D eigenvalue weighted by Gasteiger charge is -2.37. The number of benzene rings is 4. The minimum absolute atomic E-state index is 0.0100. The maximum Gasteiger partial charge on any atom is 0.245 e. The molecule has 0 spiro atoms. The normalized spacial score (nSPS) is 21.6. The molecule has 2 N–H and O–H groups in total. The van der Waals surface area contributed by atoms with Gasteiger partial charge in [0.1, 0.15) is 17.7 Å². The number of imidazole rings is 2. The molecule has 4 aliphatic heterocycles. The molecule has 0 radical (unpaired) electrons. The molecule has 4 fully saturated rings. The summed E-state index contributed by atoms with van der Waals surface area (Å²) >= 11 is 0. The number of hydrogen-bond acceptors (Lipinski definition) is 6. The lowest BCUT2D eigenvalue weighted by atomic mass is 10.00. The molecule has 6 heterocycles. The van der Waals surface area contributed by atoms with E-state index in [4.69, 9.17) is 9.97 Å². The molecule has 4 saturated heterocycles. The van der Waals surface area contributed by atoms with Crippen LogP contribution in [0.4, 0.5) is 0 Å². The minimum atomic E-state index is -0.255. The monoisotopic (exact) mass is 812 g/mol. The van der Waals surface area contributed by atoms with Crippen molar-refractivity contribution >= 4 is 11.8 Å². The quantitative estimate of drug-likeness (QED) is 0.135. The summed E-state index contributed by atoms with van der Waals surface area (Å²) in [6.45, 7) is 6.13. The standard InChI is InChI=1S/C51H56N8O2/c60-50(42-26-31-56(35-42)34-36-12-4-1-5-13-36)58-29-10-16-45(58)48-52-32-43(54-48)39-22-18-37(19-23-39)38-20-24-40(25-21-38)44-33-53-49(55-44)46-17-11-30-59(46)51(61)47(41-14-6-2-7-15-41)57-27-8-3-9-28-57/h1-2,4-7,12-15,18-25,32-33,42,45-47H,3,8-11,16-17,26-31,34-35H2,(H,52,54)(H,53,55)/t42-,45-,46-,47+/m0/s1. The molecule has 4 aromatic carbocycles. The van der Waals surface area contributed by atoms with Crippen LogP contribution >= 0.6 is 0 Å². The molecule has 0 bridgehead atoms. The van der Waals surface area contributed by atoms with Crippen LogP contribution in [0.3, 0.4) is 0 Å². The number of nitrogens with one attached hydrogen (secondary N) is 2. The molecular formula is C51H56N8O2. The third kappa shape index (κ3) is 8.31. The van der Waals surface area contributed by atoms with Gasteiger partial charge in [0.15, 0.2) is 0 Å². The third-order valence-corrected chi connectivity index (χ3v) is 13.6. The molecule has 4 atom stereocenters. The van der Waals surface area contributed by atoms with Gasteiger partial charge in [0.2, 0.25) is 11.8 Å². The Hall–Kier alpha value is -5.84. The predicted octanol–water partition coefficient (Wildman–Crippen LogP) is 9.21. The summed E-state index contributed by atoms with van der Waals surface area (Å²) in [5.41, 5.74) is 8.69. The van der Waals surface area contributed by atoms with Gasteiger partial charge in [0, 0.05) is 26.2 Å². The van der Waals surface area contributed by atoms with Gasteiger partial charge in [-0.2, -0.15) is 0 Å². The second-order valence-electron chi connectivity index (χ2n) is 17.5. The van der Waals surface area contributed by atoms with Crippen LogP contribution in [0.2, 0.25) is 0 Å². The SMILES string of the molecule is O=C([C@H]1CCN(Cc2ccccc2)C1)N1CCC[C@H]1c1ncc(-c2ccc(-c3ccc(-c4cnc([C@@H]5CCCN5C(=O)[C@@H](c5ccccc5)N5CCCCC5)[nH]4)cc3)cc2)[nH]1. The smallest absolute Gasteiger partial charge is 0.245 e. The summed E-state index contributed by atoms with van der Waals surface area (Å²) in [6.07, 6.45) is 12.0. The highest BCUT2D eigenvalue weighted by molar-refractivity contribution is 5.84. The first-order valence-electron chi connectivity index (χ1n) is 22.5. The van der Waals surface area contributed by atoms with Gasteiger partial charge >= 0.3 is 0 Å². The maximum absolute atomic E-state index is 14.4. The van der Waals surface area contributed by atoms with Crippen LogP contribution in [0.1, 0.15) is 92.3 Å². The Morgan fingerprint density at radius 3 is 1.72 bits per heavy atom. The molecule has 2 aromatic heterocycles. The number of H-pyrrole nitrogens is 2. The maximum atomic E-state index is 14.4. The topological polar surface area (TPSA) is 104 Å². The van der Waals surface area contributed by atoms with Crippen LogP contribution in [0, 0.1) is 5.92 Å². The van der Waals surface area contributed by atoms with Gasteiger partial charge in [0.05, 0.1) is 41.8 Å². The Bertz CT molecular complexity index is 2400. The summed E-state index contributed by atoms with van der Waals surface area (Å²) in [7, 11) is 0. The van der Waals surface area contributed by atoms with Gasteiger partial charge in [-0.1, -0.05) is 116 Å². The average Bonchev–Trinajstić information content (AvgIpc) is 4.18. The van der Waals surface area contributed by atoms with Gasteiger partial charge in [-0.05, 0) is 98.0 Å². The van der Waals surface area contributed by atoms with Crippen molar-refractivity contribution in [1.29, 1.82) is 0 Å². The van der Waals surface area contributed by atoms with E-state index in [9.17, 15) is 9.59 Å². The van der Waals surface area contributed by atoms with Crippen molar-refractivity contribution in [3.05, 3.63) is 144 Å². The fourth-order valence-electron chi connectivity index (χ4n) is 10.4. The number of rotatable bonds is 11. The lowest BCUT2D eigenvalue weighted by Crippen LogP contribution is -2.44. The van der Waals surface area contributed by atoms with Gasteiger partial charge in [0.25, 0.3) is 0 Å². The highest BCUT2D eigenvalue weighted by Gasteiger charge is 2.40. The summed E-state index contributed by atoms with van der Waals surface area (Å²) in [5.74, 6) is 2.24. The van der Waals surface area contributed by atoms with Gasteiger partial charge in [-0.15, -0.1) is 0 Å². The van der Waals surface area contributed by atoms with E-state index in [1.165, 1.54) is 12.0 Å². The molecule has 10 rings (SSSR count). The third-order valence-electron chi connectivity index (χ3n) is 13.6. The highest BCUT2D eigenvalue weighted by atomic mass is 16.2. The Morgan fingerprint density at radius 2 is 1.11 bits per heavy atom. The first kappa shape index (κ1) is 39.3. The molecule has 2 amide bonds. The van der Waals surface area contributed by atoms with Crippen molar-refractivity contribution in [2.24, 2.45) is 5.92 Å². The minimum Gasteiger partial charge on any atom is -0.340 e. The summed E-state index contributed by atoms with van der Waals surface area (Å²) in [4.78, 5) is 54.0. The summed E-state index contributed by atoms with van der Waals surface area (Å²) < 4.78 is 0. The number of likely N-dealkylation sites (tertiary alicyclic amines) is 4. The van der Waals surface area contributed by atoms with E-state index in [2.05, 4.69) is 114 Å². The van der Waals surface area contributed by atoms with E-state index in [0.29, 0.717) is 0 Å². The van der Waals surface area contributed by atoms with Crippen molar-refractivity contribution < 1.29 is 9.59 Å². The number of piperidine rings is 1. The van der Waals surface area contributed by atoms with Crippen LogP contribution in [0.15, 0.2) is 122 Å². The molecule has 4 aliphatic rings. The Morgan fingerprint density at radius 1 is 0.574 bits per heavy atom. The van der Waals surface area contributed by atoms with Gasteiger partial charge < -0.3 is 19.8 Å². The van der Waals surface area contributed by atoms with Crippen LogP contribution in [-0.2, 0) is 16.1 Å². The van der Waals surface area contributed by atoms with E-state index >= 15 is 0 Å². The molecule has 10 nitrogen and oxygen atoms in total. The molecule has 312 valence electrons. The summed E-state index contributed by atoms with van der Waals surface area (Å²) in [5, 5.41) is 0. The second-order valence-corrected chi connectivity index (χ2v) is 17.5. The first-order chi connectivity index (χ1) is 30.1. The van der Waals surface area contributed by atoms with Crippen LogP contribution in [0.5, 0.6) is 0 Å². The number of aromatic nitrogens is 4. The molecule has 0 unspecified atom stereocenters. The van der Waals surface area contributed by atoms with Gasteiger partial charge in [-0.3, -0.25) is 19.4 Å². The van der Waals surface area contributed by atoms with Crippen LogP contribution in [-0.4, -0.2) is 90.6 Å². The fraction of sp³-hybridized carbons (Fsp3) is 0.373. The fourth-order valence-corrected chi connectivity index (χ4v) is 10.4. The van der Waals surface area contributed by atoms with Crippen LogP contribution < -0.4 is 0 Å². The van der Waals surface area contributed by atoms with Crippen molar-refractivity contribution in [2.75, 3.05) is 39.3 Å². The number of carbonyl (C=O) groups excluding carboxylic acids is 2. The number of aromatic amines is 2. The molecular weight excluding hydrogens is 757 g/mol. The van der Waals surface area contributed by atoms with Crippen LogP contribution in [0.25, 0.3) is 33.6 Å². The first-order valence-corrected chi connectivity index (χ1v) is 22.5. The highest BCUT2D eigenvalue weighted by Crippen LogP contribution is 2.38. The largest absolute Gasteiger partial charge is 0.340 e. The van der Waals surface area contributed by atoms with Crippen molar-refractivity contribution in [3.8, 4) is 33.6 Å². The zero-order valence-corrected chi connectivity index (χ0v) is 35.0. The van der Waals surface area contributed by atoms with Gasteiger partial charge in [-0.25, -0.2) is 9.97 Å². The number of nitrogens with zero attached hydrogens (tertiary/aromatic N) is 6. The van der Waals surface area contributed by atoms with E-state index in [1.54, 1.807) is 0 Å². The molecule has 61 heavy (non-hydrogen) atoms. The average molecular weight is 813 g/mol. The lowest BCUT2D eigenvalue weighted by molar-refractivity contribution is -0.139. The van der Waals surface area contributed by atoms with E-state index in [0.717, 1.165) is 142 Å². The van der Waals surface area contributed by atoms with Crippen molar-refractivity contribution in [2.45, 2.75) is 76.0 Å². The molecule has 6 aromatic rings. The van der Waals surface area contributed by atoms with E-state index in [1.807, 2.05) is 36.7 Å². The zero-order chi connectivity index (χ0) is 41.1. The Balaban J connectivity index is 0.775. The number of amides is 2. The molecule has 10 heteroatoms. The molecule has 0 saturated carbocycles. The zero-order valence-electron chi connectivity index (χ0n) is 35.0. The Kier molecular flexibility index (Phi) is 11.4. The van der Waals surface area contributed by atoms with Crippen molar-refractivity contribution in [3.63, 3.8) is 0 Å². The predicted molar refractivity (Wildman–Crippen MR) is 239 cm³/mol. The number of carbonyl (C=O) groups is 2. The van der Waals surface area contributed by atoms with E-state index in [-0.39, 0.29) is 35.9 Å². The van der Waals surface area contributed by atoms with E-state index < -0.39 is 0 Å². The molecule has 0 aliphatic carbocycles. The Labute approximate surface area is 359 Å². The van der Waals surface area contributed by atoms with Crippen molar-refractivity contribution in [1.82, 2.24) is 39.5 Å². The number of hydrogen-bond donors (Lipinski definition) is 2.